The van der Waals surface area contributed by atoms with Gasteiger partial charge < -0.3 is 15.5 Å². The van der Waals surface area contributed by atoms with Crippen LogP contribution in [-0.2, 0) is 0 Å². The van der Waals surface area contributed by atoms with Crippen LogP contribution in [0.15, 0.2) is 24.3 Å². The van der Waals surface area contributed by atoms with Crippen molar-refractivity contribution in [2.24, 2.45) is 0 Å². The Morgan fingerprint density at radius 1 is 1.24 bits per heavy atom. The van der Waals surface area contributed by atoms with Crippen LogP contribution in [0.2, 0.25) is 0 Å². The van der Waals surface area contributed by atoms with Gasteiger partial charge >= 0.3 is 0 Å². The fourth-order valence-corrected chi connectivity index (χ4v) is 1.53. The van der Waals surface area contributed by atoms with E-state index in [2.05, 4.69) is 15.3 Å². The summed E-state index contributed by atoms with van der Waals surface area (Å²) in [6.45, 7) is 1.84. The number of hydrogen-bond acceptors (Lipinski definition) is 5. The van der Waals surface area contributed by atoms with Crippen LogP contribution < -0.4 is 5.32 Å². The standard InChI is InChI=1S/C12H15N3O2/c1-8-12(13-6-9(17)7-16)15-11-5-3-2-4-10(11)14-8/h2-5,9,16-17H,6-7H2,1H3,(H,13,15). The van der Waals surface area contributed by atoms with Gasteiger partial charge in [0.2, 0.25) is 0 Å². The molecule has 5 heteroatoms. The molecule has 0 spiro atoms. The topological polar surface area (TPSA) is 78.3 Å². The molecule has 0 bridgehead atoms. The minimum absolute atomic E-state index is 0.254. The highest BCUT2D eigenvalue weighted by Crippen LogP contribution is 2.15. The van der Waals surface area contributed by atoms with E-state index in [0.29, 0.717) is 5.82 Å². The van der Waals surface area contributed by atoms with Gasteiger partial charge in [0.1, 0.15) is 5.82 Å². The van der Waals surface area contributed by atoms with Crippen molar-refractivity contribution in [3.8, 4) is 0 Å². The molecule has 5 nitrogen and oxygen atoms in total. The summed E-state index contributed by atoms with van der Waals surface area (Å²) in [6, 6.07) is 7.61. The van der Waals surface area contributed by atoms with Crippen LogP contribution in [0.25, 0.3) is 11.0 Å². The lowest BCUT2D eigenvalue weighted by atomic mass is 10.3. The van der Waals surface area contributed by atoms with E-state index in [-0.39, 0.29) is 13.2 Å². The molecule has 2 rings (SSSR count). The van der Waals surface area contributed by atoms with Crippen LogP contribution in [-0.4, -0.2) is 39.4 Å². The molecule has 0 aliphatic rings. The average Bonchev–Trinajstić information content (AvgIpc) is 2.35. The first kappa shape index (κ1) is 11.8. The Balaban J connectivity index is 2.25. The van der Waals surface area contributed by atoms with E-state index in [1.807, 2.05) is 31.2 Å². The Bertz CT molecular complexity index is 516. The molecule has 1 atom stereocenters. The molecular weight excluding hydrogens is 218 g/mol. The molecule has 1 aromatic heterocycles. The molecule has 90 valence electrons. The molecule has 2 aromatic rings. The van der Waals surface area contributed by atoms with Crippen molar-refractivity contribution >= 4 is 16.9 Å². The molecule has 1 heterocycles. The lowest BCUT2D eigenvalue weighted by Crippen LogP contribution is -2.23. The highest BCUT2D eigenvalue weighted by Gasteiger charge is 2.06. The predicted molar refractivity (Wildman–Crippen MR) is 65.9 cm³/mol. The number of rotatable bonds is 4. The van der Waals surface area contributed by atoms with E-state index < -0.39 is 6.10 Å². The third-order valence-corrected chi connectivity index (χ3v) is 2.46. The third kappa shape index (κ3) is 2.69. The molecule has 0 aliphatic heterocycles. The lowest BCUT2D eigenvalue weighted by molar-refractivity contribution is 0.105. The van der Waals surface area contributed by atoms with Crippen LogP contribution in [0, 0.1) is 6.92 Å². The summed E-state index contributed by atoms with van der Waals surface area (Å²) >= 11 is 0. The summed E-state index contributed by atoms with van der Waals surface area (Å²) in [7, 11) is 0. The summed E-state index contributed by atoms with van der Waals surface area (Å²) in [6.07, 6.45) is -0.789. The molecule has 0 radical (unpaired) electrons. The van der Waals surface area contributed by atoms with Gasteiger partial charge in [-0.3, -0.25) is 0 Å². The van der Waals surface area contributed by atoms with E-state index in [1.54, 1.807) is 0 Å². The van der Waals surface area contributed by atoms with Gasteiger partial charge in [-0.1, -0.05) is 12.1 Å². The zero-order valence-corrected chi connectivity index (χ0v) is 9.59. The second-order valence-corrected chi connectivity index (χ2v) is 3.86. The molecule has 0 fully saturated rings. The van der Waals surface area contributed by atoms with Gasteiger partial charge in [-0.25, -0.2) is 9.97 Å². The number of nitrogens with zero attached hydrogens (tertiary/aromatic N) is 2. The fourth-order valence-electron chi connectivity index (χ4n) is 1.53. The molecule has 0 aliphatic carbocycles. The minimum atomic E-state index is -0.789. The van der Waals surface area contributed by atoms with Crippen LogP contribution >= 0.6 is 0 Å². The number of aromatic nitrogens is 2. The summed E-state index contributed by atoms with van der Waals surface area (Å²) in [5.41, 5.74) is 2.42. The van der Waals surface area contributed by atoms with Gasteiger partial charge in [0.05, 0.1) is 29.4 Å². The molecular formula is C12H15N3O2. The van der Waals surface area contributed by atoms with Gasteiger partial charge in [-0.05, 0) is 19.1 Å². The maximum Gasteiger partial charge on any atom is 0.148 e. The number of fused-ring (bicyclic) bond motifs is 1. The van der Waals surface area contributed by atoms with Crippen molar-refractivity contribution in [3.05, 3.63) is 30.0 Å². The SMILES string of the molecule is Cc1nc2ccccc2nc1NCC(O)CO. The zero-order valence-electron chi connectivity index (χ0n) is 9.59. The van der Waals surface area contributed by atoms with Crippen LogP contribution in [0.3, 0.4) is 0 Å². The van der Waals surface area contributed by atoms with Crippen molar-refractivity contribution in [3.63, 3.8) is 0 Å². The van der Waals surface area contributed by atoms with Gasteiger partial charge in [0.25, 0.3) is 0 Å². The summed E-state index contributed by atoms with van der Waals surface area (Å²) < 4.78 is 0. The maximum atomic E-state index is 9.26. The van der Waals surface area contributed by atoms with Crippen LogP contribution in [0.1, 0.15) is 5.69 Å². The molecule has 3 N–H and O–H groups in total. The lowest BCUT2D eigenvalue weighted by Gasteiger charge is -2.11. The smallest absolute Gasteiger partial charge is 0.148 e. The second-order valence-electron chi connectivity index (χ2n) is 3.86. The predicted octanol–water partition coefficient (Wildman–Crippen LogP) is 0.703. The number of para-hydroxylation sites is 2. The quantitative estimate of drug-likeness (QED) is 0.724. The Labute approximate surface area is 99.2 Å². The first-order valence-corrected chi connectivity index (χ1v) is 5.47. The van der Waals surface area contributed by atoms with E-state index in [1.165, 1.54) is 0 Å². The third-order valence-electron chi connectivity index (χ3n) is 2.46. The van der Waals surface area contributed by atoms with E-state index >= 15 is 0 Å². The van der Waals surface area contributed by atoms with Gasteiger partial charge in [-0.15, -0.1) is 0 Å². The molecule has 0 saturated carbocycles. The summed E-state index contributed by atoms with van der Waals surface area (Å²) in [5.74, 6) is 0.635. The Kier molecular flexibility index (Phi) is 3.51. The van der Waals surface area contributed by atoms with Gasteiger partial charge in [0, 0.05) is 6.54 Å². The molecule has 1 aromatic carbocycles. The highest BCUT2D eigenvalue weighted by atomic mass is 16.3. The monoisotopic (exact) mass is 233 g/mol. The number of anilines is 1. The van der Waals surface area contributed by atoms with Gasteiger partial charge in [0.15, 0.2) is 0 Å². The van der Waals surface area contributed by atoms with Crippen LogP contribution in [0.5, 0.6) is 0 Å². The Morgan fingerprint density at radius 3 is 2.53 bits per heavy atom. The number of hydrogen-bond donors (Lipinski definition) is 3. The normalized spacial score (nSPS) is 12.6. The highest BCUT2D eigenvalue weighted by molar-refractivity contribution is 5.76. The number of aliphatic hydroxyl groups is 2. The molecule has 0 amide bonds. The van der Waals surface area contributed by atoms with Gasteiger partial charge in [-0.2, -0.15) is 0 Å². The van der Waals surface area contributed by atoms with Crippen LogP contribution in [0.4, 0.5) is 5.82 Å². The first-order valence-electron chi connectivity index (χ1n) is 5.47. The molecule has 1 unspecified atom stereocenters. The van der Waals surface area contributed by atoms with Crippen molar-refractivity contribution in [1.82, 2.24) is 9.97 Å². The van der Waals surface area contributed by atoms with Crippen molar-refractivity contribution < 1.29 is 10.2 Å². The summed E-state index contributed by atoms with van der Waals surface area (Å²) in [4.78, 5) is 8.82. The fraction of sp³-hybridized carbons (Fsp3) is 0.333. The Morgan fingerprint density at radius 2 is 1.88 bits per heavy atom. The van der Waals surface area contributed by atoms with Crippen molar-refractivity contribution in [1.29, 1.82) is 0 Å². The summed E-state index contributed by atoms with van der Waals surface area (Å²) in [5, 5.41) is 21.0. The largest absolute Gasteiger partial charge is 0.394 e. The second kappa shape index (κ2) is 5.07. The first-order chi connectivity index (χ1) is 8.20. The van der Waals surface area contributed by atoms with E-state index in [4.69, 9.17) is 5.11 Å². The zero-order chi connectivity index (χ0) is 12.3. The number of nitrogens with one attached hydrogen (secondary N) is 1. The van der Waals surface area contributed by atoms with E-state index in [0.717, 1.165) is 16.7 Å². The number of aliphatic hydroxyl groups excluding tert-OH is 2. The number of aryl methyl sites for hydroxylation is 1. The van der Waals surface area contributed by atoms with Crippen molar-refractivity contribution in [2.45, 2.75) is 13.0 Å². The number of benzene rings is 1. The van der Waals surface area contributed by atoms with E-state index in [9.17, 15) is 5.11 Å². The molecule has 17 heavy (non-hydrogen) atoms. The average molecular weight is 233 g/mol. The minimum Gasteiger partial charge on any atom is -0.394 e. The van der Waals surface area contributed by atoms with Crippen molar-refractivity contribution in [2.75, 3.05) is 18.5 Å². The maximum absolute atomic E-state index is 9.26. The molecule has 0 saturated heterocycles. The Hall–Kier alpha value is -1.72.